The number of carbonyl (C=O) groups excluding carboxylic acids is 1. The number of aliphatic carboxylic acids is 1. The summed E-state index contributed by atoms with van der Waals surface area (Å²) in [6.07, 6.45) is 1.85. The molecule has 1 heterocycles. The highest BCUT2D eigenvalue weighted by Gasteiger charge is 2.41. The second-order valence-corrected chi connectivity index (χ2v) is 5.64. The maximum absolute atomic E-state index is 11.9. The number of carboxylic acids is 1. The first-order chi connectivity index (χ1) is 8.35. The molecule has 1 fully saturated rings. The molecular formula is C13H24N2O3. The van der Waals surface area contributed by atoms with Crippen molar-refractivity contribution in [3.05, 3.63) is 0 Å². The molecule has 0 aliphatic carbocycles. The van der Waals surface area contributed by atoms with Crippen molar-refractivity contribution in [2.45, 2.75) is 46.1 Å². The quantitative estimate of drug-likeness (QED) is 0.698. The second kappa shape index (κ2) is 6.18. The van der Waals surface area contributed by atoms with E-state index in [1.54, 1.807) is 11.8 Å². The second-order valence-electron chi connectivity index (χ2n) is 5.64. The third kappa shape index (κ3) is 3.98. The Morgan fingerprint density at radius 2 is 2.11 bits per heavy atom. The van der Waals surface area contributed by atoms with Gasteiger partial charge in [-0.2, -0.15) is 0 Å². The van der Waals surface area contributed by atoms with E-state index >= 15 is 0 Å². The summed E-state index contributed by atoms with van der Waals surface area (Å²) >= 11 is 0. The Morgan fingerprint density at radius 1 is 1.44 bits per heavy atom. The highest BCUT2D eigenvalue weighted by Crippen LogP contribution is 2.30. The van der Waals surface area contributed by atoms with Gasteiger partial charge in [0.05, 0.1) is 5.41 Å². The lowest BCUT2D eigenvalue weighted by Crippen LogP contribution is -2.35. The molecule has 104 valence electrons. The molecule has 0 bridgehead atoms. The van der Waals surface area contributed by atoms with Gasteiger partial charge in [0.15, 0.2) is 0 Å². The SMILES string of the molecule is CC(C)NCCCC(=O)N1CCC(C)(C(=O)O)C1. The van der Waals surface area contributed by atoms with Crippen LogP contribution in [0.1, 0.15) is 40.0 Å². The first-order valence-corrected chi connectivity index (χ1v) is 6.60. The van der Waals surface area contributed by atoms with Gasteiger partial charge < -0.3 is 15.3 Å². The zero-order valence-electron chi connectivity index (χ0n) is 11.5. The Kier molecular flexibility index (Phi) is 5.14. The molecule has 5 heteroatoms. The van der Waals surface area contributed by atoms with Crippen LogP contribution in [-0.4, -0.2) is 47.6 Å². The van der Waals surface area contributed by atoms with Crippen LogP contribution in [-0.2, 0) is 9.59 Å². The highest BCUT2D eigenvalue weighted by atomic mass is 16.4. The number of carbonyl (C=O) groups is 2. The van der Waals surface area contributed by atoms with Gasteiger partial charge >= 0.3 is 5.97 Å². The molecule has 5 nitrogen and oxygen atoms in total. The average Bonchev–Trinajstić information content (AvgIpc) is 2.68. The van der Waals surface area contributed by atoms with Crippen LogP contribution in [0.4, 0.5) is 0 Å². The fourth-order valence-electron chi connectivity index (χ4n) is 2.14. The number of hydrogen-bond acceptors (Lipinski definition) is 3. The molecule has 1 aliphatic heterocycles. The lowest BCUT2D eigenvalue weighted by molar-refractivity contribution is -0.147. The third-order valence-corrected chi connectivity index (χ3v) is 3.46. The third-order valence-electron chi connectivity index (χ3n) is 3.46. The van der Waals surface area contributed by atoms with Crippen molar-refractivity contribution in [3.8, 4) is 0 Å². The summed E-state index contributed by atoms with van der Waals surface area (Å²) in [6.45, 7) is 7.59. The fourth-order valence-corrected chi connectivity index (χ4v) is 2.14. The number of carboxylic acid groups (broad SMARTS) is 1. The number of hydrogen-bond donors (Lipinski definition) is 2. The van der Waals surface area contributed by atoms with Crippen LogP contribution >= 0.6 is 0 Å². The van der Waals surface area contributed by atoms with E-state index in [9.17, 15) is 9.59 Å². The number of nitrogens with one attached hydrogen (secondary N) is 1. The summed E-state index contributed by atoms with van der Waals surface area (Å²) in [5.41, 5.74) is -0.758. The first kappa shape index (κ1) is 15.0. The van der Waals surface area contributed by atoms with Crippen molar-refractivity contribution < 1.29 is 14.7 Å². The Hall–Kier alpha value is -1.10. The van der Waals surface area contributed by atoms with Crippen LogP contribution in [0.3, 0.4) is 0 Å². The Balaban J connectivity index is 2.30. The molecule has 0 aromatic rings. The van der Waals surface area contributed by atoms with Crippen LogP contribution in [0, 0.1) is 5.41 Å². The van der Waals surface area contributed by atoms with Gasteiger partial charge in [0.2, 0.25) is 5.91 Å². The molecule has 0 spiro atoms. The van der Waals surface area contributed by atoms with Gasteiger partial charge in [-0.15, -0.1) is 0 Å². The van der Waals surface area contributed by atoms with E-state index in [2.05, 4.69) is 19.2 Å². The van der Waals surface area contributed by atoms with E-state index in [0.29, 0.717) is 32.0 Å². The topological polar surface area (TPSA) is 69.6 Å². The molecule has 1 aliphatic rings. The standard InChI is InChI=1S/C13H24N2O3/c1-10(2)14-7-4-5-11(16)15-8-6-13(3,9-15)12(17)18/h10,14H,4-9H2,1-3H3,(H,17,18). The Morgan fingerprint density at radius 3 is 2.61 bits per heavy atom. The lowest BCUT2D eigenvalue weighted by Gasteiger charge is -2.20. The normalized spacial score (nSPS) is 23.7. The zero-order valence-corrected chi connectivity index (χ0v) is 11.5. The number of likely N-dealkylation sites (tertiary alicyclic amines) is 1. The van der Waals surface area contributed by atoms with Crippen molar-refractivity contribution in [1.82, 2.24) is 10.2 Å². The van der Waals surface area contributed by atoms with Crippen LogP contribution in [0.25, 0.3) is 0 Å². The largest absolute Gasteiger partial charge is 0.481 e. The maximum atomic E-state index is 11.9. The molecule has 1 saturated heterocycles. The number of nitrogens with zero attached hydrogens (tertiary/aromatic N) is 1. The van der Waals surface area contributed by atoms with Gasteiger partial charge in [-0.25, -0.2) is 0 Å². The molecule has 18 heavy (non-hydrogen) atoms. The van der Waals surface area contributed by atoms with E-state index in [4.69, 9.17) is 5.11 Å². The van der Waals surface area contributed by atoms with Crippen molar-refractivity contribution in [2.24, 2.45) is 5.41 Å². The van der Waals surface area contributed by atoms with E-state index in [0.717, 1.165) is 13.0 Å². The van der Waals surface area contributed by atoms with Crippen molar-refractivity contribution in [1.29, 1.82) is 0 Å². The molecule has 1 unspecified atom stereocenters. The highest BCUT2D eigenvalue weighted by molar-refractivity contribution is 5.80. The average molecular weight is 256 g/mol. The van der Waals surface area contributed by atoms with E-state index in [-0.39, 0.29) is 5.91 Å². The van der Waals surface area contributed by atoms with Gasteiger partial charge in [-0.1, -0.05) is 13.8 Å². The summed E-state index contributed by atoms with van der Waals surface area (Å²) in [4.78, 5) is 24.7. The van der Waals surface area contributed by atoms with Crippen LogP contribution in [0.2, 0.25) is 0 Å². The number of rotatable bonds is 6. The van der Waals surface area contributed by atoms with Gasteiger partial charge in [-0.05, 0) is 26.3 Å². The van der Waals surface area contributed by atoms with Crippen molar-refractivity contribution >= 4 is 11.9 Å². The summed E-state index contributed by atoms with van der Waals surface area (Å²) < 4.78 is 0. The van der Waals surface area contributed by atoms with E-state index < -0.39 is 11.4 Å². The summed E-state index contributed by atoms with van der Waals surface area (Å²) in [5.74, 6) is -0.732. The summed E-state index contributed by atoms with van der Waals surface area (Å²) in [6, 6.07) is 0.433. The van der Waals surface area contributed by atoms with Gasteiger partial charge in [0.1, 0.15) is 0 Å². The predicted molar refractivity (Wildman–Crippen MR) is 69.3 cm³/mol. The van der Waals surface area contributed by atoms with E-state index in [1.807, 2.05) is 0 Å². The Bertz CT molecular complexity index is 317. The van der Waals surface area contributed by atoms with Gasteiger partial charge in [0.25, 0.3) is 0 Å². The summed E-state index contributed by atoms with van der Waals surface area (Å²) in [7, 11) is 0. The van der Waals surface area contributed by atoms with Gasteiger partial charge in [0, 0.05) is 25.6 Å². The monoisotopic (exact) mass is 256 g/mol. The molecular weight excluding hydrogens is 232 g/mol. The fraction of sp³-hybridized carbons (Fsp3) is 0.846. The Labute approximate surface area is 109 Å². The van der Waals surface area contributed by atoms with Crippen LogP contribution in [0.15, 0.2) is 0 Å². The van der Waals surface area contributed by atoms with E-state index in [1.165, 1.54) is 0 Å². The molecule has 1 atom stereocenters. The smallest absolute Gasteiger partial charge is 0.311 e. The van der Waals surface area contributed by atoms with Crippen LogP contribution < -0.4 is 5.32 Å². The van der Waals surface area contributed by atoms with Crippen molar-refractivity contribution in [2.75, 3.05) is 19.6 Å². The molecule has 0 aromatic carbocycles. The first-order valence-electron chi connectivity index (χ1n) is 6.60. The van der Waals surface area contributed by atoms with Gasteiger partial charge in [-0.3, -0.25) is 9.59 Å². The zero-order chi connectivity index (χ0) is 13.8. The molecule has 0 radical (unpaired) electrons. The molecule has 0 aromatic heterocycles. The molecule has 1 rings (SSSR count). The number of amides is 1. The minimum atomic E-state index is -0.806. The van der Waals surface area contributed by atoms with Crippen molar-refractivity contribution in [3.63, 3.8) is 0 Å². The maximum Gasteiger partial charge on any atom is 0.311 e. The molecule has 0 saturated carbocycles. The molecule has 1 amide bonds. The minimum absolute atomic E-state index is 0.0746. The predicted octanol–water partition coefficient (Wildman–Crippen LogP) is 1.09. The molecule has 2 N–H and O–H groups in total. The minimum Gasteiger partial charge on any atom is -0.481 e. The van der Waals surface area contributed by atoms with Crippen LogP contribution in [0.5, 0.6) is 0 Å². The lowest BCUT2D eigenvalue weighted by atomic mass is 9.90. The summed E-state index contributed by atoms with van der Waals surface area (Å²) in [5, 5.41) is 12.4.